The molecule has 2 aliphatic heterocycles. The maximum Gasteiger partial charge on any atom is 0.416 e. The summed E-state index contributed by atoms with van der Waals surface area (Å²) < 4.78 is 55.0. The van der Waals surface area contributed by atoms with Crippen LogP contribution in [-0.4, -0.2) is 90.1 Å². The number of fused-ring (bicyclic) bond motifs is 6. The van der Waals surface area contributed by atoms with Crippen LogP contribution in [-0.2, 0) is 4.74 Å². The van der Waals surface area contributed by atoms with Crippen LogP contribution in [0, 0.1) is 33.6 Å². The second-order valence-electron chi connectivity index (χ2n) is 16.1. The highest BCUT2D eigenvalue weighted by molar-refractivity contribution is 7.17. The fourth-order valence-corrected chi connectivity index (χ4v) is 7.33. The first kappa shape index (κ1) is 48.5. The minimum Gasteiger partial charge on any atom is -0.468 e. The number of allylic oxidation sites excluding steroid dienone is 4. The van der Waals surface area contributed by atoms with Crippen molar-refractivity contribution < 1.29 is 48.2 Å². The number of nitrogens with zero attached hydrogens (tertiary/aromatic N) is 2. The summed E-state index contributed by atoms with van der Waals surface area (Å²) in [6.45, 7) is 12.9. The maximum absolute atomic E-state index is 14.5. The number of aromatic nitrogens is 3. The van der Waals surface area contributed by atoms with Gasteiger partial charge in [-0.25, -0.2) is 4.98 Å². The Hall–Kier alpha value is -4.50. The third-order valence-electron chi connectivity index (χ3n) is 11.4. The summed E-state index contributed by atoms with van der Waals surface area (Å²) in [4.78, 5) is 13.4. The first-order valence-corrected chi connectivity index (χ1v) is 21.0. The molecule has 2 aliphatic rings. The third-order valence-corrected chi connectivity index (χ3v) is 12.0. The molecule has 0 saturated carbocycles. The van der Waals surface area contributed by atoms with Gasteiger partial charge in [-0.05, 0) is 129 Å². The van der Waals surface area contributed by atoms with E-state index in [-0.39, 0.29) is 29.6 Å². The monoisotopic (exact) mass is 878 g/mol. The lowest BCUT2D eigenvalue weighted by molar-refractivity contribution is -0.153. The molecule has 0 aliphatic carbocycles. The van der Waals surface area contributed by atoms with Gasteiger partial charge < -0.3 is 45.7 Å². The predicted molar refractivity (Wildman–Crippen MR) is 240 cm³/mol. The number of H-pyrrole nitrogens is 1. The van der Waals surface area contributed by atoms with Gasteiger partial charge in [-0.1, -0.05) is 44.2 Å². The van der Waals surface area contributed by atoms with Crippen molar-refractivity contribution in [3.05, 3.63) is 117 Å². The summed E-state index contributed by atoms with van der Waals surface area (Å²) in [5.74, 6) is -0.000424. The van der Waals surface area contributed by atoms with Crippen LogP contribution in [0.3, 0.4) is 0 Å². The molecule has 3 aromatic rings. The Morgan fingerprint density at radius 1 is 0.903 bits per heavy atom. The molecule has 334 valence electrons. The Morgan fingerprint density at radius 3 is 2.21 bits per heavy atom. The van der Waals surface area contributed by atoms with Crippen molar-refractivity contribution in [1.82, 2.24) is 15.0 Å². The number of aliphatic hydroxyl groups is 5. The molecule has 0 spiro atoms. The predicted octanol–water partition coefficient (Wildman–Crippen LogP) is 7.81. The molecule has 15 heteroatoms. The lowest BCUT2D eigenvalue weighted by Gasteiger charge is -2.27. The molecule has 8 N–H and O–H groups in total. The van der Waals surface area contributed by atoms with Crippen LogP contribution >= 0.6 is 9.24 Å². The Bertz CT molecular complexity index is 2410. The van der Waals surface area contributed by atoms with Crippen LogP contribution in [0.4, 0.5) is 13.2 Å². The number of hydrogen-bond donors (Lipinski definition) is 7. The summed E-state index contributed by atoms with van der Waals surface area (Å²) in [6, 6.07) is 13.7. The van der Waals surface area contributed by atoms with Crippen molar-refractivity contribution in [1.29, 1.82) is 0 Å². The number of benzene rings is 1. The van der Waals surface area contributed by atoms with Crippen LogP contribution in [0.2, 0.25) is 0 Å². The number of halogens is 3. The van der Waals surface area contributed by atoms with E-state index in [0.29, 0.717) is 50.6 Å². The normalized spacial score (nSPS) is 18.7. The van der Waals surface area contributed by atoms with Gasteiger partial charge in [-0.2, -0.15) is 13.2 Å². The quantitative estimate of drug-likeness (QED) is 0.0397. The number of aromatic amines is 1. The van der Waals surface area contributed by atoms with Crippen molar-refractivity contribution in [3.8, 4) is 16.9 Å². The molecule has 1 aromatic carbocycles. The molecule has 0 fully saturated rings. The standard InChI is InChI=1S/C47H58F3N4O7P/c1-23-12-13-24(2)39(26(4)19-32(47(48,49)50)18-25(3)30(8)62)43-46(59)41(51)42(54-43)28(6)35-15-17-37(53-35)40(36-16-14-34(52-36)27(23)5)31-10-9-11-33(20-31)60-22-61-38(21-55)45(58)44(57)29(7)56/h9-20,25,29-30,38,41,44-46,52,55-59H,21-22,51,62H2,1-8H3/b13-12?,23-12?,24-13?,26-19+,27-23?,32-18+,34-27?,35-28?,39-24?,40-36?,40-37?,42-28?,43-39?/t25?,29-,30?,38?,41?,44?,45?,46?/m1/s1. The number of nitrogens with one attached hydrogen (secondary N) is 1. The van der Waals surface area contributed by atoms with E-state index in [9.17, 15) is 38.7 Å². The van der Waals surface area contributed by atoms with Crippen LogP contribution in [0.15, 0.2) is 66.3 Å². The molecule has 4 heterocycles. The Labute approximate surface area is 362 Å². The van der Waals surface area contributed by atoms with Gasteiger partial charge in [0.25, 0.3) is 0 Å². The number of aliphatic hydroxyl groups excluding tert-OH is 5. The average molecular weight is 879 g/mol. The Balaban J connectivity index is 1.73. The SMILES string of the molecule is C/C(=C\C(=C/C(C)C(C)P)C(F)(F)F)c1c(C)ccc(C)c(C)c2ccc([nH]2)c(-c2cccc(OCOC(CO)C(O)C(O)[C@@H](C)O)c2)c2nc(c(C)c3nc1C(O)C3N)C=C2. The highest BCUT2D eigenvalue weighted by Gasteiger charge is 2.35. The van der Waals surface area contributed by atoms with Gasteiger partial charge in [0, 0.05) is 22.2 Å². The number of ether oxygens (including phenoxy) is 2. The molecule has 0 amide bonds. The van der Waals surface area contributed by atoms with Crippen molar-refractivity contribution >= 4 is 38.0 Å². The summed E-state index contributed by atoms with van der Waals surface area (Å²) >= 11 is 0. The zero-order valence-corrected chi connectivity index (χ0v) is 37.4. The minimum absolute atomic E-state index is 0.101. The van der Waals surface area contributed by atoms with Gasteiger partial charge in [0.2, 0.25) is 0 Å². The molecule has 11 nitrogen and oxygen atoms in total. The largest absolute Gasteiger partial charge is 0.468 e. The molecule has 0 saturated heterocycles. The Kier molecular flexibility index (Phi) is 15.9. The highest BCUT2D eigenvalue weighted by atomic mass is 31.0. The van der Waals surface area contributed by atoms with Crippen molar-refractivity contribution in [2.75, 3.05) is 13.4 Å². The lowest BCUT2D eigenvalue weighted by Crippen LogP contribution is -2.46. The summed E-state index contributed by atoms with van der Waals surface area (Å²) in [6.07, 6.45) is -5.57. The third kappa shape index (κ3) is 11.0. The van der Waals surface area contributed by atoms with Crippen LogP contribution < -0.4 is 10.5 Å². The van der Waals surface area contributed by atoms with E-state index >= 15 is 0 Å². The number of hydrogen-bond acceptors (Lipinski definition) is 10. The fourth-order valence-electron chi connectivity index (χ4n) is 7.22. The van der Waals surface area contributed by atoms with E-state index in [1.807, 2.05) is 63.3 Å². The molecule has 5 rings (SSSR count). The number of nitrogens with two attached hydrogens (primary N) is 1. The van der Waals surface area contributed by atoms with Gasteiger partial charge >= 0.3 is 6.18 Å². The molecule has 62 heavy (non-hydrogen) atoms. The van der Waals surface area contributed by atoms with Crippen molar-refractivity contribution in [2.45, 2.75) is 104 Å². The molecule has 0 radical (unpaired) electrons. The minimum atomic E-state index is -4.63. The van der Waals surface area contributed by atoms with Gasteiger partial charge in [-0.15, -0.1) is 9.24 Å². The first-order valence-electron chi connectivity index (χ1n) is 20.4. The average Bonchev–Trinajstić information content (AvgIpc) is 3.97. The molecule has 8 unspecified atom stereocenters. The zero-order chi connectivity index (χ0) is 45.8. The number of aryl methyl sites for hydroxylation is 3. The maximum atomic E-state index is 14.5. The van der Waals surface area contributed by atoms with Crippen LogP contribution in [0.5, 0.6) is 5.75 Å². The van der Waals surface area contributed by atoms with E-state index in [4.69, 9.17) is 25.2 Å². The van der Waals surface area contributed by atoms with Gasteiger partial charge in [0.15, 0.2) is 6.79 Å². The zero-order valence-electron chi connectivity index (χ0n) is 36.2. The second kappa shape index (κ2) is 20.3. The summed E-state index contributed by atoms with van der Waals surface area (Å²) in [5, 5.41) is 51.6. The topological polar surface area (TPSA) is 187 Å². The van der Waals surface area contributed by atoms with Crippen molar-refractivity contribution in [3.63, 3.8) is 0 Å². The Morgan fingerprint density at radius 2 is 1.56 bits per heavy atom. The van der Waals surface area contributed by atoms with Gasteiger partial charge in [0.05, 0.1) is 47.1 Å². The smallest absolute Gasteiger partial charge is 0.416 e. The molecule has 9 atom stereocenters. The molecular formula is C47H58F3N4O7P. The van der Waals surface area contributed by atoms with Crippen LogP contribution in [0.1, 0.15) is 90.4 Å². The van der Waals surface area contributed by atoms with Crippen LogP contribution in [0.25, 0.3) is 39.9 Å². The van der Waals surface area contributed by atoms with Gasteiger partial charge in [0.1, 0.15) is 30.2 Å². The molecule has 6 bridgehead atoms. The number of rotatable bonds is 13. The summed E-state index contributed by atoms with van der Waals surface area (Å²) in [5.41, 5.74) is 13.9. The molecule has 2 aromatic heterocycles. The van der Waals surface area contributed by atoms with E-state index in [2.05, 4.69) is 14.2 Å². The number of alkyl halides is 3. The summed E-state index contributed by atoms with van der Waals surface area (Å²) in [7, 11) is 2.55. The fraction of sp³-hybridized carbons (Fsp3) is 0.404. The van der Waals surface area contributed by atoms with Crippen molar-refractivity contribution in [2.24, 2.45) is 11.7 Å². The lowest BCUT2D eigenvalue weighted by atomic mass is 9.94. The van der Waals surface area contributed by atoms with E-state index in [1.54, 1.807) is 45.9 Å². The molecular weight excluding hydrogens is 821 g/mol. The van der Waals surface area contributed by atoms with E-state index < -0.39 is 54.9 Å². The van der Waals surface area contributed by atoms with Gasteiger partial charge in [-0.3, -0.25) is 4.98 Å². The van der Waals surface area contributed by atoms with E-state index in [0.717, 1.165) is 28.2 Å². The highest BCUT2D eigenvalue weighted by Crippen LogP contribution is 2.40. The first-order chi connectivity index (χ1) is 29.1. The second-order valence-corrected chi connectivity index (χ2v) is 17.2. The van der Waals surface area contributed by atoms with E-state index in [1.165, 1.54) is 13.0 Å².